The Morgan fingerprint density at radius 2 is 1.96 bits per heavy atom. The lowest BCUT2D eigenvalue weighted by Crippen LogP contribution is -2.20. The van der Waals surface area contributed by atoms with Gasteiger partial charge in [-0.25, -0.2) is 0 Å². The molecule has 0 saturated heterocycles. The zero-order valence-corrected chi connectivity index (χ0v) is 15.8. The van der Waals surface area contributed by atoms with Crippen molar-refractivity contribution in [2.45, 2.75) is 66.9 Å². The summed E-state index contributed by atoms with van der Waals surface area (Å²) in [5.74, 6) is 0.0923. The molecule has 0 aromatic rings. The van der Waals surface area contributed by atoms with E-state index in [0.29, 0.717) is 12.8 Å². The van der Waals surface area contributed by atoms with Gasteiger partial charge in [-0.15, -0.1) is 0 Å². The third kappa shape index (κ3) is 3.71. The van der Waals surface area contributed by atoms with Crippen LogP contribution in [0.3, 0.4) is 0 Å². The first-order valence-corrected chi connectivity index (χ1v) is 8.93. The molecule has 24 heavy (non-hydrogen) atoms. The van der Waals surface area contributed by atoms with Gasteiger partial charge in [0.15, 0.2) is 5.78 Å². The van der Waals surface area contributed by atoms with Crippen molar-refractivity contribution in [3.05, 3.63) is 34.9 Å². The molecule has 2 rings (SSSR count). The fraction of sp³-hybridized carbons (Fsp3) is 0.619. The molecular formula is C21H30O3. The highest BCUT2D eigenvalue weighted by molar-refractivity contribution is 6.00. The number of hydrogen-bond donors (Lipinski definition) is 0. The zero-order chi connectivity index (χ0) is 18.1. The van der Waals surface area contributed by atoms with Crippen molar-refractivity contribution in [2.75, 3.05) is 0 Å². The average Bonchev–Trinajstić information content (AvgIpc) is 2.90. The van der Waals surface area contributed by atoms with Gasteiger partial charge >= 0.3 is 5.97 Å². The maximum atomic E-state index is 12.6. The second kappa shape index (κ2) is 7.08. The van der Waals surface area contributed by atoms with Crippen molar-refractivity contribution in [2.24, 2.45) is 17.3 Å². The molecular weight excluding hydrogens is 300 g/mol. The van der Waals surface area contributed by atoms with E-state index in [4.69, 9.17) is 4.74 Å². The summed E-state index contributed by atoms with van der Waals surface area (Å²) in [6, 6.07) is 0. The molecule has 3 heteroatoms. The second-order valence-corrected chi connectivity index (χ2v) is 7.87. The number of Topliss-reactive ketones (excluding diaryl/α,β-unsaturated/α-hetero) is 1. The summed E-state index contributed by atoms with van der Waals surface area (Å²) in [6.07, 6.45) is 7.77. The third-order valence-electron chi connectivity index (χ3n) is 5.33. The summed E-state index contributed by atoms with van der Waals surface area (Å²) in [6.45, 7) is 12.3. The molecule has 132 valence electrons. The van der Waals surface area contributed by atoms with Gasteiger partial charge in [0.25, 0.3) is 0 Å². The molecule has 0 unspecified atom stereocenters. The molecule has 0 bridgehead atoms. The number of hydrogen-bond acceptors (Lipinski definition) is 3. The standard InChI is InChI=1S/C21H30O3/c1-7-8-9-10-15-14(4)18(12-17(15)22)24-20(23)19-16(11-13(2)3)21(19,5)6/h8-9,11,16,18-19H,7,10,12H2,1-6H3/b9-8-/t16-,18+,19+/m1/s1. The van der Waals surface area contributed by atoms with Crippen molar-refractivity contribution < 1.29 is 14.3 Å². The lowest BCUT2D eigenvalue weighted by atomic mass is 10.1. The number of allylic oxidation sites excluding steroid dienone is 5. The van der Waals surface area contributed by atoms with Crippen molar-refractivity contribution in [1.82, 2.24) is 0 Å². The molecule has 0 aliphatic heterocycles. The van der Waals surface area contributed by atoms with E-state index in [-0.39, 0.29) is 35.1 Å². The van der Waals surface area contributed by atoms with E-state index in [1.54, 1.807) is 0 Å². The molecule has 0 spiro atoms. The van der Waals surface area contributed by atoms with Crippen LogP contribution in [-0.4, -0.2) is 17.9 Å². The van der Waals surface area contributed by atoms with Crippen LogP contribution in [0.4, 0.5) is 0 Å². The van der Waals surface area contributed by atoms with Crippen LogP contribution in [0.15, 0.2) is 34.9 Å². The minimum atomic E-state index is -0.376. The van der Waals surface area contributed by atoms with E-state index in [9.17, 15) is 9.59 Å². The first-order chi connectivity index (χ1) is 11.2. The van der Waals surface area contributed by atoms with Gasteiger partial charge in [-0.05, 0) is 50.5 Å². The third-order valence-corrected chi connectivity index (χ3v) is 5.33. The molecule has 0 N–H and O–H groups in total. The molecule has 2 aliphatic rings. The van der Waals surface area contributed by atoms with Crippen LogP contribution in [0.2, 0.25) is 0 Å². The van der Waals surface area contributed by atoms with Crippen LogP contribution in [0.25, 0.3) is 0 Å². The molecule has 0 aromatic heterocycles. The van der Waals surface area contributed by atoms with Crippen molar-refractivity contribution in [3.63, 3.8) is 0 Å². The topological polar surface area (TPSA) is 43.4 Å². The van der Waals surface area contributed by atoms with Gasteiger partial charge in [-0.2, -0.15) is 0 Å². The second-order valence-electron chi connectivity index (χ2n) is 7.87. The van der Waals surface area contributed by atoms with E-state index in [1.807, 2.05) is 13.0 Å². The predicted molar refractivity (Wildman–Crippen MR) is 96.4 cm³/mol. The van der Waals surface area contributed by atoms with Crippen molar-refractivity contribution in [1.29, 1.82) is 0 Å². The van der Waals surface area contributed by atoms with E-state index >= 15 is 0 Å². The Hall–Kier alpha value is -1.64. The van der Waals surface area contributed by atoms with Gasteiger partial charge in [-0.3, -0.25) is 9.59 Å². The highest BCUT2D eigenvalue weighted by Gasteiger charge is 2.61. The lowest BCUT2D eigenvalue weighted by molar-refractivity contribution is -0.150. The molecule has 1 saturated carbocycles. The molecule has 3 atom stereocenters. The largest absolute Gasteiger partial charge is 0.457 e. The summed E-state index contributed by atoms with van der Waals surface area (Å²) >= 11 is 0. The lowest BCUT2D eigenvalue weighted by Gasteiger charge is -2.13. The quantitative estimate of drug-likeness (QED) is 0.520. The van der Waals surface area contributed by atoms with Gasteiger partial charge in [0, 0.05) is 5.57 Å². The van der Waals surface area contributed by atoms with Crippen LogP contribution in [0.5, 0.6) is 0 Å². The molecule has 0 radical (unpaired) electrons. The smallest absolute Gasteiger partial charge is 0.310 e. The maximum absolute atomic E-state index is 12.6. The summed E-state index contributed by atoms with van der Waals surface area (Å²) in [7, 11) is 0. The molecule has 0 aromatic carbocycles. The van der Waals surface area contributed by atoms with E-state index in [0.717, 1.165) is 17.6 Å². The first kappa shape index (κ1) is 18.7. The number of esters is 1. The van der Waals surface area contributed by atoms with E-state index < -0.39 is 0 Å². The first-order valence-electron chi connectivity index (χ1n) is 8.93. The van der Waals surface area contributed by atoms with Gasteiger partial charge in [0.2, 0.25) is 0 Å². The van der Waals surface area contributed by atoms with Gasteiger partial charge in [0.05, 0.1) is 12.3 Å². The Labute approximate surface area is 145 Å². The van der Waals surface area contributed by atoms with Crippen LogP contribution in [0, 0.1) is 17.3 Å². The minimum Gasteiger partial charge on any atom is -0.457 e. The Morgan fingerprint density at radius 1 is 1.29 bits per heavy atom. The number of ketones is 1. The fourth-order valence-corrected chi connectivity index (χ4v) is 3.64. The average molecular weight is 330 g/mol. The van der Waals surface area contributed by atoms with Crippen LogP contribution >= 0.6 is 0 Å². The fourth-order valence-electron chi connectivity index (χ4n) is 3.64. The highest BCUT2D eigenvalue weighted by atomic mass is 16.5. The number of carbonyl (C=O) groups is 2. The van der Waals surface area contributed by atoms with Gasteiger partial charge in [-0.1, -0.05) is 44.6 Å². The Balaban J connectivity index is 2.04. The Kier molecular flexibility index (Phi) is 5.52. The molecule has 2 aliphatic carbocycles. The number of rotatable bonds is 6. The summed E-state index contributed by atoms with van der Waals surface area (Å²) in [5, 5.41) is 0. The monoisotopic (exact) mass is 330 g/mol. The van der Waals surface area contributed by atoms with Gasteiger partial charge in [0.1, 0.15) is 6.10 Å². The summed E-state index contributed by atoms with van der Waals surface area (Å²) < 4.78 is 5.73. The normalized spacial score (nSPS) is 28.4. The van der Waals surface area contributed by atoms with Crippen molar-refractivity contribution in [3.8, 4) is 0 Å². The SMILES string of the molecule is CC/C=C\CC1=C(C)[C@@H](OC(=O)[C@@H]2[C@@H](C=C(C)C)C2(C)C)CC1=O. The molecule has 1 fully saturated rings. The Morgan fingerprint density at radius 3 is 2.54 bits per heavy atom. The Bertz CT molecular complexity index is 615. The molecule has 0 heterocycles. The van der Waals surface area contributed by atoms with Crippen LogP contribution < -0.4 is 0 Å². The summed E-state index contributed by atoms with van der Waals surface area (Å²) in [5.41, 5.74) is 2.90. The number of carbonyl (C=O) groups excluding carboxylic acids is 2. The molecule has 3 nitrogen and oxygen atoms in total. The number of ether oxygens (including phenoxy) is 1. The van der Waals surface area contributed by atoms with Crippen LogP contribution in [0.1, 0.15) is 60.8 Å². The van der Waals surface area contributed by atoms with Crippen molar-refractivity contribution >= 4 is 11.8 Å². The minimum absolute atomic E-state index is 0.0543. The maximum Gasteiger partial charge on any atom is 0.310 e. The van der Waals surface area contributed by atoms with E-state index in [2.05, 4.69) is 46.8 Å². The zero-order valence-electron chi connectivity index (χ0n) is 15.8. The predicted octanol–water partition coefficient (Wildman–Crippen LogP) is 4.78. The van der Waals surface area contributed by atoms with Crippen LogP contribution in [-0.2, 0) is 14.3 Å². The molecule has 0 amide bonds. The summed E-state index contributed by atoms with van der Waals surface area (Å²) in [4.78, 5) is 24.8. The highest BCUT2D eigenvalue weighted by Crippen LogP contribution is 2.60. The van der Waals surface area contributed by atoms with Gasteiger partial charge < -0.3 is 4.74 Å². The van der Waals surface area contributed by atoms with E-state index in [1.165, 1.54) is 5.57 Å².